The van der Waals surface area contributed by atoms with Gasteiger partial charge in [0, 0.05) is 11.3 Å². The lowest BCUT2D eigenvalue weighted by atomic mass is 10.1. The van der Waals surface area contributed by atoms with Crippen LogP contribution < -0.4 is 5.32 Å². The van der Waals surface area contributed by atoms with Crippen LogP contribution in [0.5, 0.6) is 0 Å². The molecule has 156 valence electrons. The van der Waals surface area contributed by atoms with Gasteiger partial charge in [-0.15, -0.1) is 0 Å². The fraction of sp³-hybridized carbons (Fsp3) is 0.182. The van der Waals surface area contributed by atoms with Gasteiger partial charge in [-0.1, -0.05) is 30.3 Å². The van der Waals surface area contributed by atoms with Gasteiger partial charge in [-0.3, -0.25) is 4.79 Å². The number of hydrogen-bond donors (Lipinski definition) is 1. The molecule has 5 nitrogen and oxygen atoms in total. The fourth-order valence-corrected chi connectivity index (χ4v) is 2.84. The van der Waals surface area contributed by atoms with E-state index in [1.807, 2.05) is 32.0 Å². The number of rotatable bonds is 5. The molecular weight excluding hydrogens is 399 g/mol. The van der Waals surface area contributed by atoms with E-state index in [9.17, 15) is 22.8 Å². The Balaban J connectivity index is 1.64. The summed E-state index contributed by atoms with van der Waals surface area (Å²) in [6.07, 6.45) is -4.49. The second kappa shape index (κ2) is 8.44. The first-order valence-corrected chi connectivity index (χ1v) is 8.96. The molecule has 1 N–H and O–H groups in total. The molecule has 0 radical (unpaired) electrons. The highest BCUT2D eigenvalue weighted by Crippen LogP contribution is 2.32. The van der Waals surface area contributed by atoms with E-state index in [1.165, 1.54) is 24.3 Å². The molecule has 0 spiro atoms. The largest absolute Gasteiger partial charge is 0.450 e. The summed E-state index contributed by atoms with van der Waals surface area (Å²) in [6.45, 7) is 3.14. The van der Waals surface area contributed by atoms with Gasteiger partial charge in [0.05, 0.1) is 5.56 Å². The maximum absolute atomic E-state index is 12.9. The maximum Gasteiger partial charge on any atom is 0.416 e. The molecule has 0 aliphatic rings. The van der Waals surface area contributed by atoms with E-state index < -0.39 is 30.2 Å². The lowest BCUT2D eigenvalue weighted by molar-refractivity contribution is -0.137. The van der Waals surface area contributed by atoms with Crippen LogP contribution in [0.1, 0.15) is 27.2 Å². The number of para-hydroxylation sites is 1. The third kappa shape index (κ3) is 4.89. The lowest BCUT2D eigenvalue weighted by Crippen LogP contribution is -2.21. The Bertz CT molecular complexity index is 1070. The van der Waals surface area contributed by atoms with Crippen LogP contribution in [0.15, 0.2) is 59.0 Å². The number of furan rings is 1. The second-order valence-corrected chi connectivity index (χ2v) is 6.63. The van der Waals surface area contributed by atoms with Crippen molar-refractivity contribution in [2.24, 2.45) is 0 Å². The first-order valence-electron chi connectivity index (χ1n) is 8.96. The lowest BCUT2D eigenvalue weighted by Gasteiger charge is -2.11. The Kier molecular flexibility index (Phi) is 5.96. The molecular formula is C22H18F3NO4. The molecule has 1 amide bonds. The molecule has 0 unspecified atom stereocenters. The quantitative estimate of drug-likeness (QED) is 0.566. The van der Waals surface area contributed by atoms with Crippen molar-refractivity contribution >= 4 is 17.6 Å². The summed E-state index contributed by atoms with van der Waals surface area (Å²) in [5.41, 5.74) is 1.71. The Morgan fingerprint density at radius 2 is 1.67 bits per heavy atom. The summed E-state index contributed by atoms with van der Waals surface area (Å²) in [4.78, 5) is 24.2. The Hall–Kier alpha value is -3.55. The summed E-state index contributed by atoms with van der Waals surface area (Å²) in [5.74, 6) is -1.56. The third-order valence-corrected chi connectivity index (χ3v) is 4.36. The molecule has 3 aromatic rings. The third-order valence-electron chi connectivity index (χ3n) is 4.36. The number of carbonyl (C=O) groups excluding carboxylic acids is 2. The normalized spacial score (nSPS) is 11.2. The molecule has 0 saturated carbocycles. The zero-order valence-electron chi connectivity index (χ0n) is 16.2. The number of aryl methyl sites for hydroxylation is 2. The summed E-state index contributed by atoms with van der Waals surface area (Å²) in [7, 11) is 0. The van der Waals surface area contributed by atoms with Crippen molar-refractivity contribution in [2.75, 3.05) is 11.9 Å². The fourth-order valence-electron chi connectivity index (χ4n) is 2.84. The molecule has 0 bridgehead atoms. The first kappa shape index (κ1) is 21.2. The van der Waals surface area contributed by atoms with Gasteiger partial charge >= 0.3 is 12.1 Å². The van der Waals surface area contributed by atoms with E-state index in [2.05, 4.69) is 5.32 Å². The Morgan fingerprint density at radius 3 is 2.33 bits per heavy atom. The summed E-state index contributed by atoms with van der Waals surface area (Å²) in [6, 6.07) is 12.7. The van der Waals surface area contributed by atoms with E-state index in [-0.39, 0.29) is 17.1 Å². The Morgan fingerprint density at radius 1 is 1.00 bits per heavy atom. The number of benzene rings is 2. The molecule has 0 aliphatic heterocycles. The minimum absolute atomic E-state index is 0.0769. The van der Waals surface area contributed by atoms with Crippen LogP contribution in [0.2, 0.25) is 0 Å². The van der Waals surface area contributed by atoms with Gasteiger partial charge < -0.3 is 14.5 Å². The van der Waals surface area contributed by atoms with Crippen LogP contribution in [0.4, 0.5) is 18.9 Å². The predicted molar refractivity (Wildman–Crippen MR) is 104 cm³/mol. The van der Waals surface area contributed by atoms with Crippen LogP contribution >= 0.6 is 0 Å². The highest BCUT2D eigenvalue weighted by molar-refractivity contribution is 5.95. The molecule has 0 fully saturated rings. The molecule has 0 aliphatic carbocycles. The van der Waals surface area contributed by atoms with Crippen molar-refractivity contribution < 1.29 is 31.9 Å². The maximum atomic E-state index is 12.9. The second-order valence-electron chi connectivity index (χ2n) is 6.63. The molecule has 8 heteroatoms. The van der Waals surface area contributed by atoms with Gasteiger partial charge in [0.25, 0.3) is 5.91 Å². The molecule has 30 heavy (non-hydrogen) atoms. The van der Waals surface area contributed by atoms with Crippen LogP contribution in [-0.4, -0.2) is 18.5 Å². The zero-order chi connectivity index (χ0) is 21.9. The minimum atomic E-state index is -4.49. The number of amides is 1. The highest BCUT2D eigenvalue weighted by atomic mass is 19.4. The van der Waals surface area contributed by atoms with Crippen molar-refractivity contribution in [3.8, 4) is 11.3 Å². The molecule has 2 aromatic carbocycles. The monoisotopic (exact) mass is 417 g/mol. The smallest absolute Gasteiger partial charge is 0.416 e. The minimum Gasteiger partial charge on any atom is -0.450 e. The highest BCUT2D eigenvalue weighted by Gasteiger charge is 2.30. The predicted octanol–water partition coefficient (Wildman–Crippen LogP) is 5.38. The van der Waals surface area contributed by atoms with E-state index in [1.54, 1.807) is 0 Å². The topological polar surface area (TPSA) is 68.5 Å². The summed E-state index contributed by atoms with van der Waals surface area (Å²) >= 11 is 0. The summed E-state index contributed by atoms with van der Waals surface area (Å²) < 4.78 is 48.8. The molecule has 1 heterocycles. The zero-order valence-corrected chi connectivity index (χ0v) is 16.2. The number of ether oxygens (including phenoxy) is 1. The first-order chi connectivity index (χ1) is 14.1. The van der Waals surface area contributed by atoms with Crippen LogP contribution in [0, 0.1) is 13.8 Å². The van der Waals surface area contributed by atoms with Gasteiger partial charge in [-0.05, 0) is 49.2 Å². The van der Waals surface area contributed by atoms with Crippen molar-refractivity contribution in [1.29, 1.82) is 0 Å². The number of halogens is 3. The van der Waals surface area contributed by atoms with Crippen molar-refractivity contribution in [3.63, 3.8) is 0 Å². The molecule has 1 aromatic heterocycles. The molecule has 0 saturated heterocycles. The van der Waals surface area contributed by atoms with Crippen LogP contribution in [-0.2, 0) is 15.7 Å². The number of anilines is 1. The summed E-state index contributed by atoms with van der Waals surface area (Å²) in [5, 5.41) is 2.68. The number of alkyl halides is 3. The van der Waals surface area contributed by atoms with Gasteiger partial charge in [0.2, 0.25) is 5.76 Å². The number of nitrogens with one attached hydrogen (secondary N) is 1. The van der Waals surface area contributed by atoms with Gasteiger partial charge in [-0.2, -0.15) is 13.2 Å². The van der Waals surface area contributed by atoms with Gasteiger partial charge in [0.1, 0.15) is 5.76 Å². The SMILES string of the molecule is Cc1cccc(C)c1NC(=O)COC(=O)c1ccc(-c2cccc(C(F)(F)F)c2)o1. The van der Waals surface area contributed by atoms with Crippen LogP contribution in [0.25, 0.3) is 11.3 Å². The number of esters is 1. The standard InChI is InChI=1S/C22H18F3NO4/c1-13-5-3-6-14(2)20(13)26-19(27)12-29-21(28)18-10-9-17(30-18)15-7-4-8-16(11-15)22(23,24)25/h3-11H,12H2,1-2H3,(H,26,27). The average molecular weight is 417 g/mol. The van der Waals surface area contributed by atoms with Crippen molar-refractivity contribution in [1.82, 2.24) is 0 Å². The number of carbonyl (C=O) groups is 2. The van der Waals surface area contributed by atoms with E-state index in [4.69, 9.17) is 9.15 Å². The van der Waals surface area contributed by atoms with Crippen LogP contribution in [0.3, 0.4) is 0 Å². The Labute approximate surface area is 170 Å². The van der Waals surface area contributed by atoms with Gasteiger partial charge in [0.15, 0.2) is 6.61 Å². The average Bonchev–Trinajstić information content (AvgIpc) is 3.19. The number of hydrogen-bond acceptors (Lipinski definition) is 4. The van der Waals surface area contributed by atoms with Crippen molar-refractivity contribution in [3.05, 3.63) is 77.0 Å². The van der Waals surface area contributed by atoms with Crippen molar-refractivity contribution in [2.45, 2.75) is 20.0 Å². The molecule has 3 rings (SSSR count). The molecule has 0 atom stereocenters. The van der Waals surface area contributed by atoms with Gasteiger partial charge in [-0.25, -0.2) is 4.79 Å². The van der Waals surface area contributed by atoms with E-state index in [0.29, 0.717) is 5.69 Å². The van der Waals surface area contributed by atoms with E-state index >= 15 is 0 Å². The van der Waals surface area contributed by atoms with E-state index in [0.717, 1.165) is 23.3 Å².